The number of rotatable bonds is 32. The summed E-state index contributed by atoms with van der Waals surface area (Å²) < 4.78 is 21.4. The maximum atomic E-state index is 12.6. The van der Waals surface area contributed by atoms with Crippen molar-refractivity contribution in [2.45, 2.75) is 165 Å². The van der Waals surface area contributed by atoms with Crippen molar-refractivity contribution < 1.29 is 83.1 Å². The molecule has 2 aliphatic heterocycles. The Kier molecular flexibility index (Phi) is 28.0. The van der Waals surface area contributed by atoms with Crippen LogP contribution in [0.5, 0.6) is 0 Å². The molecule has 23 nitrogen and oxygen atoms in total. The standard InChI is InChI=1S/C41H72N6O17/c1-3-25(42-2)38-35(57)36(58)39(40(60)63-38)64-41-37(59)34(56)33(55)26(62-41)24-61-32(54)17-16-31(53)46-21-9-5-8-20-44-28(50)13-12-27(49)43-18-6-4-7-19-45-29(51)14-15-30(52)47-22-10-11-23-48/h25-26,33-36,38-42,48,55-58,60H,3-24H2,1-2H3,(H,43,49)(H,44,50)(H,45,51)(H,46,53)(H,47,52). The third kappa shape index (κ3) is 21.4. The van der Waals surface area contributed by atoms with Crippen LogP contribution in [0.15, 0.2) is 0 Å². The Morgan fingerprint density at radius 1 is 0.609 bits per heavy atom. The van der Waals surface area contributed by atoms with Gasteiger partial charge in [0.15, 0.2) is 6.29 Å². The van der Waals surface area contributed by atoms with Crippen molar-refractivity contribution in [1.82, 2.24) is 31.9 Å². The second-order valence-corrected chi connectivity index (χ2v) is 15.7. The number of aliphatic hydroxyl groups excluding tert-OH is 6. The van der Waals surface area contributed by atoms with E-state index in [0.717, 1.165) is 12.8 Å². The van der Waals surface area contributed by atoms with Crippen LogP contribution < -0.4 is 31.9 Å². The van der Waals surface area contributed by atoms with Crippen LogP contribution in [0, 0.1) is 0 Å². The number of carbonyl (C=O) groups is 7. The molecule has 2 fully saturated rings. The van der Waals surface area contributed by atoms with Crippen LogP contribution in [-0.4, -0.2) is 186 Å². The molecule has 10 unspecified atom stereocenters. The molecule has 0 bridgehead atoms. The molecule has 0 spiro atoms. The van der Waals surface area contributed by atoms with E-state index in [2.05, 4.69) is 31.9 Å². The highest BCUT2D eigenvalue weighted by molar-refractivity contribution is 5.87. The van der Waals surface area contributed by atoms with Gasteiger partial charge in [0, 0.05) is 77.5 Å². The van der Waals surface area contributed by atoms with E-state index in [-0.39, 0.29) is 68.8 Å². The molecule has 0 radical (unpaired) electrons. The second-order valence-electron chi connectivity index (χ2n) is 15.7. The molecule has 0 aromatic carbocycles. The Hall–Kier alpha value is -3.91. The van der Waals surface area contributed by atoms with Gasteiger partial charge >= 0.3 is 5.97 Å². The zero-order valence-electron chi connectivity index (χ0n) is 37.0. The van der Waals surface area contributed by atoms with Crippen LogP contribution in [0.1, 0.15) is 103 Å². The van der Waals surface area contributed by atoms with Crippen molar-refractivity contribution in [2.75, 3.05) is 53.0 Å². The first-order valence-corrected chi connectivity index (χ1v) is 22.3. The minimum Gasteiger partial charge on any atom is -0.463 e. The van der Waals surface area contributed by atoms with E-state index in [1.54, 1.807) is 14.0 Å². The van der Waals surface area contributed by atoms with Gasteiger partial charge in [-0.05, 0) is 64.8 Å². The summed E-state index contributed by atoms with van der Waals surface area (Å²) in [7, 11) is 1.61. The summed E-state index contributed by atoms with van der Waals surface area (Å²) in [5.41, 5.74) is 0. The number of nitrogens with one attached hydrogen (secondary N) is 6. The van der Waals surface area contributed by atoms with Gasteiger partial charge in [-0.15, -0.1) is 0 Å². The van der Waals surface area contributed by atoms with Gasteiger partial charge in [-0.2, -0.15) is 0 Å². The Labute approximate surface area is 373 Å². The minimum atomic E-state index is -2.04. The molecule has 0 aromatic heterocycles. The van der Waals surface area contributed by atoms with Crippen LogP contribution in [0.4, 0.5) is 0 Å². The van der Waals surface area contributed by atoms with Crippen LogP contribution in [0.25, 0.3) is 0 Å². The van der Waals surface area contributed by atoms with Crippen LogP contribution in [0.2, 0.25) is 0 Å². The van der Waals surface area contributed by atoms with Gasteiger partial charge in [0.2, 0.25) is 41.6 Å². The van der Waals surface area contributed by atoms with Gasteiger partial charge < -0.3 is 81.5 Å². The lowest BCUT2D eigenvalue weighted by Gasteiger charge is -2.45. The van der Waals surface area contributed by atoms with Gasteiger partial charge in [-0.3, -0.25) is 33.6 Å². The van der Waals surface area contributed by atoms with Crippen molar-refractivity contribution in [3.05, 3.63) is 0 Å². The molecule has 23 heteroatoms. The lowest BCUT2D eigenvalue weighted by Crippen LogP contribution is -2.65. The number of likely N-dealkylation sites (N-methyl/N-ethyl adjacent to an activating group) is 1. The first-order valence-electron chi connectivity index (χ1n) is 22.3. The van der Waals surface area contributed by atoms with Gasteiger partial charge in [0.05, 0.1) is 6.42 Å². The third-order valence-corrected chi connectivity index (χ3v) is 10.6. The molecule has 12 N–H and O–H groups in total. The predicted octanol–water partition coefficient (Wildman–Crippen LogP) is -3.60. The fraction of sp³-hybridized carbons (Fsp3) is 0.829. The van der Waals surface area contributed by atoms with E-state index in [9.17, 15) is 59.1 Å². The quantitative estimate of drug-likeness (QED) is 0.0229. The Balaban J connectivity index is 1.50. The van der Waals surface area contributed by atoms with E-state index in [0.29, 0.717) is 77.7 Å². The monoisotopic (exact) mass is 920 g/mol. The highest BCUT2D eigenvalue weighted by Gasteiger charge is 2.51. The van der Waals surface area contributed by atoms with Gasteiger partial charge in [-0.1, -0.05) is 6.92 Å². The summed E-state index contributed by atoms with van der Waals surface area (Å²) in [5.74, 6) is -3.30. The maximum absolute atomic E-state index is 12.6. The number of carbonyl (C=O) groups excluding carboxylic acids is 7. The molecule has 2 rings (SSSR count). The molecule has 2 heterocycles. The number of hydrogen-bond donors (Lipinski definition) is 12. The van der Waals surface area contributed by atoms with Crippen LogP contribution in [-0.2, 0) is 52.5 Å². The molecule has 0 aliphatic carbocycles. The van der Waals surface area contributed by atoms with Crippen LogP contribution >= 0.6 is 0 Å². The summed E-state index contributed by atoms with van der Waals surface area (Å²) in [4.78, 5) is 85.0. The lowest BCUT2D eigenvalue weighted by molar-refractivity contribution is -0.331. The van der Waals surface area contributed by atoms with E-state index < -0.39 is 85.6 Å². The number of amides is 5. The highest BCUT2D eigenvalue weighted by atomic mass is 16.7. The number of unbranched alkanes of at least 4 members (excludes halogenated alkanes) is 5. The van der Waals surface area contributed by atoms with Gasteiger partial charge in [0.25, 0.3) is 0 Å². The van der Waals surface area contributed by atoms with E-state index in [1.165, 1.54) is 0 Å². The third-order valence-electron chi connectivity index (χ3n) is 10.6. The molecule has 64 heavy (non-hydrogen) atoms. The van der Waals surface area contributed by atoms with Crippen molar-refractivity contribution in [3.63, 3.8) is 0 Å². The normalized spacial score (nSPS) is 24.9. The minimum absolute atomic E-state index is 0.0391. The average Bonchev–Trinajstić information content (AvgIpc) is 3.27. The summed E-state index contributed by atoms with van der Waals surface area (Å²) in [6.07, 6.45) is -9.39. The van der Waals surface area contributed by atoms with Crippen molar-refractivity contribution in [2.24, 2.45) is 0 Å². The second kappa shape index (κ2) is 31.9. The van der Waals surface area contributed by atoms with Crippen molar-refractivity contribution in [3.8, 4) is 0 Å². The molecular formula is C41H72N6O17. The summed E-state index contributed by atoms with van der Waals surface area (Å²) in [6.45, 7) is 3.34. The van der Waals surface area contributed by atoms with Crippen LogP contribution in [0.3, 0.4) is 0 Å². The molecule has 2 saturated heterocycles. The number of ether oxygens (including phenoxy) is 4. The molecule has 2 aliphatic rings. The number of ketones is 1. The SMILES string of the molecule is CCC(NC)C1OC(O)C(OC2OC(COC(=O)CCC(=O)NCCCCCNC(=O)CCC(=O)NCCCCCNC(=O)CCC(=O)NCCCCO)C(O)C(O)C2=O)C(O)C1O. The maximum Gasteiger partial charge on any atom is 0.306 e. The number of hydrogen-bond acceptors (Lipinski definition) is 18. The first kappa shape index (κ1) is 56.2. The van der Waals surface area contributed by atoms with E-state index in [1.807, 2.05) is 0 Å². The number of Topliss-reactive ketones (excluding diaryl/α,β-unsaturated/α-hetero) is 1. The Morgan fingerprint density at radius 2 is 1.05 bits per heavy atom. The lowest BCUT2D eigenvalue weighted by atomic mass is 9.92. The highest BCUT2D eigenvalue weighted by Crippen LogP contribution is 2.29. The Bertz CT molecular complexity index is 1440. The molecule has 0 aromatic rings. The van der Waals surface area contributed by atoms with E-state index >= 15 is 0 Å². The predicted molar refractivity (Wildman–Crippen MR) is 224 cm³/mol. The van der Waals surface area contributed by atoms with E-state index in [4.69, 9.17) is 24.1 Å². The Morgan fingerprint density at radius 3 is 1.47 bits per heavy atom. The van der Waals surface area contributed by atoms with Crippen molar-refractivity contribution >= 4 is 41.3 Å². The van der Waals surface area contributed by atoms with Gasteiger partial charge in [0.1, 0.15) is 49.3 Å². The van der Waals surface area contributed by atoms with Crippen molar-refractivity contribution in [1.29, 1.82) is 0 Å². The largest absolute Gasteiger partial charge is 0.463 e. The zero-order valence-corrected chi connectivity index (χ0v) is 37.0. The fourth-order valence-electron chi connectivity index (χ4n) is 6.74. The van der Waals surface area contributed by atoms with Gasteiger partial charge in [-0.25, -0.2) is 0 Å². The summed E-state index contributed by atoms with van der Waals surface area (Å²) in [6, 6.07) is -0.434. The molecule has 0 saturated carbocycles. The smallest absolute Gasteiger partial charge is 0.306 e. The summed E-state index contributed by atoms with van der Waals surface area (Å²) >= 11 is 0. The molecule has 368 valence electrons. The first-order chi connectivity index (χ1) is 30.6. The molecular weight excluding hydrogens is 848 g/mol. The average molecular weight is 921 g/mol. The fourth-order valence-corrected chi connectivity index (χ4v) is 6.74. The molecule has 10 atom stereocenters. The number of esters is 1. The zero-order chi connectivity index (χ0) is 47.4. The number of aliphatic hydroxyl groups is 6. The molecule has 5 amide bonds. The summed E-state index contributed by atoms with van der Waals surface area (Å²) in [5, 5.41) is 77.8. The topological polar surface area (TPSA) is 350 Å².